The number of piperidine rings is 1. The van der Waals surface area contributed by atoms with Gasteiger partial charge in [0.1, 0.15) is 5.41 Å². The van der Waals surface area contributed by atoms with Gasteiger partial charge < -0.3 is 10.0 Å². The molecule has 0 spiro atoms. The lowest BCUT2D eigenvalue weighted by Crippen LogP contribution is -2.50. The standard InChI is InChI=1S/C13H22N2O5S/c1-3-21(19,20)14(2)10-4-8-15(9-5-10)11(16)13(6-7-13)12(17)18/h10H,3-9H2,1-2H3,(H,17,18). The van der Waals surface area contributed by atoms with E-state index in [2.05, 4.69) is 0 Å². The highest BCUT2D eigenvalue weighted by molar-refractivity contribution is 7.89. The first-order chi connectivity index (χ1) is 9.74. The van der Waals surface area contributed by atoms with Crippen LogP contribution in [0.15, 0.2) is 0 Å². The van der Waals surface area contributed by atoms with Gasteiger partial charge >= 0.3 is 5.97 Å². The number of carbonyl (C=O) groups is 2. The van der Waals surface area contributed by atoms with E-state index in [4.69, 9.17) is 5.11 Å². The predicted molar refractivity (Wildman–Crippen MR) is 76.1 cm³/mol. The highest BCUT2D eigenvalue weighted by Crippen LogP contribution is 2.47. The summed E-state index contributed by atoms with van der Waals surface area (Å²) in [6.45, 7) is 2.44. The topological polar surface area (TPSA) is 95.0 Å². The predicted octanol–water partition coefficient (Wildman–Crippen LogP) is 0.124. The lowest BCUT2D eigenvalue weighted by Gasteiger charge is -2.37. The molecule has 0 aromatic carbocycles. The monoisotopic (exact) mass is 318 g/mol. The van der Waals surface area contributed by atoms with Crippen LogP contribution in [0.5, 0.6) is 0 Å². The van der Waals surface area contributed by atoms with E-state index in [0.29, 0.717) is 38.8 Å². The third-order valence-corrected chi connectivity index (χ3v) is 6.54. The van der Waals surface area contributed by atoms with Gasteiger partial charge in [0.05, 0.1) is 5.75 Å². The number of likely N-dealkylation sites (tertiary alicyclic amines) is 1. The third kappa shape index (κ3) is 2.91. The summed E-state index contributed by atoms with van der Waals surface area (Å²) >= 11 is 0. The number of aliphatic carboxylic acids is 1. The average molecular weight is 318 g/mol. The zero-order valence-corrected chi connectivity index (χ0v) is 13.2. The number of hydrogen-bond acceptors (Lipinski definition) is 4. The highest BCUT2D eigenvalue weighted by atomic mass is 32.2. The molecule has 0 radical (unpaired) electrons. The summed E-state index contributed by atoms with van der Waals surface area (Å²) in [6.07, 6.45) is 1.92. The number of rotatable bonds is 5. The molecule has 21 heavy (non-hydrogen) atoms. The van der Waals surface area contributed by atoms with Crippen LogP contribution >= 0.6 is 0 Å². The Bertz CT molecular complexity index is 533. The molecule has 1 saturated heterocycles. The van der Waals surface area contributed by atoms with Crippen molar-refractivity contribution in [2.45, 2.75) is 38.6 Å². The van der Waals surface area contributed by atoms with Crippen molar-refractivity contribution in [3.8, 4) is 0 Å². The van der Waals surface area contributed by atoms with E-state index in [1.54, 1.807) is 18.9 Å². The van der Waals surface area contributed by atoms with E-state index < -0.39 is 21.4 Å². The van der Waals surface area contributed by atoms with Crippen LogP contribution in [0.1, 0.15) is 32.6 Å². The van der Waals surface area contributed by atoms with Crippen LogP contribution in [0.2, 0.25) is 0 Å². The van der Waals surface area contributed by atoms with Crippen molar-refractivity contribution in [2.75, 3.05) is 25.9 Å². The molecule has 2 aliphatic rings. The van der Waals surface area contributed by atoms with Gasteiger partial charge in [-0.3, -0.25) is 9.59 Å². The highest BCUT2D eigenvalue weighted by Gasteiger charge is 2.58. The van der Waals surface area contributed by atoms with Crippen molar-refractivity contribution < 1.29 is 23.1 Å². The Hall–Kier alpha value is -1.15. The van der Waals surface area contributed by atoms with Gasteiger partial charge in [-0.05, 0) is 32.6 Å². The quantitative estimate of drug-likeness (QED) is 0.727. The molecule has 7 nitrogen and oxygen atoms in total. The second-order valence-corrected chi connectivity index (χ2v) is 8.14. The first-order valence-electron chi connectivity index (χ1n) is 7.23. The lowest BCUT2D eigenvalue weighted by atomic mass is 10.0. The number of nitrogens with zero attached hydrogens (tertiary/aromatic N) is 2. The van der Waals surface area contributed by atoms with Gasteiger partial charge in [-0.15, -0.1) is 0 Å². The van der Waals surface area contributed by atoms with Gasteiger partial charge in [0, 0.05) is 26.2 Å². The van der Waals surface area contributed by atoms with E-state index in [0.717, 1.165) is 0 Å². The third-order valence-electron chi connectivity index (χ3n) is 4.64. The maximum atomic E-state index is 12.3. The van der Waals surface area contributed by atoms with E-state index >= 15 is 0 Å². The molecule has 1 aliphatic heterocycles. The van der Waals surface area contributed by atoms with Gasteiger partial charge in [-0.2, -0.15) is 0 Å². The molecular formula is C13H22N2O5S. The average Bonchev–Trinajstić information content (AvgIpc) is 3.27. The molecule has 0 atom stereocenters. The minimum absolute atomic E-state index is 0.0603. The van der Waals surface area contributed by atoms with Crippen molar-refractivity contribution in [2.24, 2.45) is 5.41 Å². The fraction of sp³-hybridized carbons (Fsp3) is 0.846. The largest absolute Gasteiger partial charge is 0.480 e. The summed E-state index contributed by atoms with van der Waals surface area (Å²) in [4.78, 5) is 25.0. The summed E-state index contributed by atoms with van der Waals surface area (Å²) in [5.41, 5.74) is -1.20. The summed E-state index contributed by atoms with van der Waals surface area (Å²) in [7, 11) is -1.66. The van der Waals surface area contributed by atoms with Crippen LogP contribution in [0, 0.1) is 5.41 Å². The van der Waals surface area contributed by atoms with Crippen LogP contribution in [-0.2, 0) is 19.6 Å². The molecule has 1 N–H and O–H groups in total. The van der Waals surface area contributed by atoms with Gasteiger partial charge in [-0.1, -0.05) is 0 Å². The summed E-state index contributed by atoms with van der Waals surface area (Å²) in [5, 5.41) is 9.15. The zero-order valence-electron chi connectivity index (χ0n) is 12.4. The van der Waals surface area contributed by atoms with Gasteiger partial charge in [-0.25, -0.2) is 12.7 Å². The van der Waals surface area contributed by atoms with Crippen molar-refractivity contribution in [1.82, 2.24) is 9.21 Å². The van der Waals surface area contributed by atoms with Gasteiger partial charge in [0.15, 0.2) is 0 Å². The molecule has 1 aliphatic carbocycles. The first kappa shape index (κ1) is 16.2. The van der Waals surface area contributed by atoms with Crippen molar-refractivity contribution in [3.63, 3.8) is 0 Å². The Morgan fingerprint density at radius 1 is 1.29 bits per heavy atom. The second-order valence-electron chi connectivity index (χ2n) is 5.83. The molecule has 0 aromatic rings. The van der Waals surface area contributed by atoms with Gasteiger partial charge in [0.2, 0.25) is 15.9 Å². The Balaban J connectivity index is 1.95. The van der Waals surface area contributed by atoms with Crippen molar-refractivity contribution in [3.05, 3.63) is 0 Å². The van der Waals surface area contributed by atoms with Crippen LogP contribution < -0.4 is 0 Å². The van der Waals surface area contributed by atoms with Crippen LogP contribution in [-0.4, -0.2) is 66.5 Å². The molecule has 0 aromatic heterocycles. The Labute approximate surface area is 125 Å². The molecule has 0 unspecified atom stereocenters. The van der Waals surface area contributed by atoms with E-state index in [1.807, 2.05) is 0 Å². The van der Waals surface area contributed by atoms with E-state index in [9.17, 15) is 18.0 Å². The summed E-state index contributed by atoms with van der Waals surface area (Å²) in [6, 6.07) is -0.112. The number of hydrogen-bond donors (Lipinski definition) is 1. The van der Waals surface area contributed by atoms with E-state index in [-0.39, 0.29) is 17.7 Å². The number of carbonyl (C=O) groups excluding carboxylic acids is 1. The van der Waals surface area contributed by atoms with Crippen LogP contribution in [0.3, 0.4) is 0 Å². The molecule has 8 heteroatoms. The number of sulfonamides is 1. The Morgan fingerprint density at radius 3 is 2.19 bits per heavy atom. The van der Waals surface area contributed by atoms with Crippen LogP contribution in [0.4, 0.5) is 0 Å². The Kier molecular flexibility index (Phi) is 4.30. The van der Waals surface area contributed by atoms with Crippen molar-refractivity contribution in [1.29, 1.82) is 0 Å². The number of carboxylic acid groups (broad SMARTS) is 1. The SMILES string of the molecule is CCS(=O)(=O)N(C)C1CCN(C(=O)C2(C(=O)O)CC2)CC1. The lowest BCUT2D eigenvalue weighted by molar-refractivity contribution is -0.154. The zero-order chi connectivity index (χ0) is 15.8. The fourth-order valence-electron chi connectivity index (χ4n) is 2.81. The molecular weight excluding hydrogens is 296 g/mol. The van der Waals surface area contributed by atoms with Gasteiger partial charge in [0.25, 0.3) is 0 Å². The second kappa shape index (κ2) is 5.57. The molecule has 1 saturated carbocycles. The van der Waals surface area contributed by atoms with Crippen LogP contribution in [0.25, 0.3) is 0 Å². The molecule has 0 bridgehead atoms. The smallest absolute Gasteiger partial charge is 0.319 e. The maximum Gasteiger partial charge on any atom is 0.319 e. The van der Waals surface area contributed by atoms with Crippen molar-refractivity contribution >= 4 is 21.9 Å². The molecule has 120 valence electrons. The normalized spacial score (nSPS) is 22.3. The summed E-state index contributed by atoms with van der Waals surface area (Å²) < 4.78 is 25.1. The number of amides is 1. The first-order valence-corrected chi connectivity index (χ1v) is 8.84. The minimum atomic E-state index is -3.23. The minimum Gasteiger partial charge on any atom is -0.480 e. The molecule has 2 fully saturated rings. The molecule has 1 heterocycles. The summed E-state index contributed by atoms with van der Waals surface area (Å²) in [5.74, 6) is -1.29. The fourth-order valence-corrected chi connectivity index (χ4v) is 3.88. The maximum absolute atomic E-state index is 12.3. The number of carboxylic acids is 1. The Morgan fingerprint density at radius 2 is 1.81 bits per heavy atom. The molecule has 2 rings (SSSR count). The van der Waals surface area contributed by atoms with E-state index in [1.165, 1.54) is 4.31 Å². The molecule has 1 amide bonds.